The van der Waals surface area contributed by atoms with E-state index in [4.69, 9.17) is 5.73 Å². The summed E-state index contributed by atoms with van der Waals surface area (Å²) in [5, 5.41) is 11.3. The number of ketones is 5. The van der Waals surface area contributed by atoms with Crippen molar-refractivity contribution in [1.82, 2.24) is 0 Å². The van der Waals surface area contributed by atoms with Crippen LogP contribution in [0, 0.1) is 41.4 Å². The lowest BCUT2D eigenvalue weighted by molar-refractivity contribution is -0.139. The van der Waals surface area contributed by atoms with Crippen molar-refractivity contribution < 1.29 is 38.7 Å². The highest BCUT2D eigenvalue weighted by molar-refractivity contribution is 5.97. The molecular formula is C39H53NO8. The summed E-state index contributed by atoms with van der Waals surface area (Å²) in [6.45, 7) is 11.0. The van der Waals surface area contributed by atoms with Crippen molar-refractivity contribution >= 4 is 51.6 Å². The minimum atomic E-state index is -1.14. The summed E-state index contributed by atoms with van der Waals surface area (Å²) in [6, 6.07) is 13.4. The third-order valence-corrected chi connectivity index (χ3v) is 9.15. The molecule has 0 aliphatic rings. The average molecular weight is 664 g/mol. The zero-order valence-electron chi connectivity index (χ0n) is 29.3. The molecule has 0 aliphatic heterocycles. The van der Waals surface area contributed by atoms with Crippen molar-refractivity contribution in [3.05, 3.63) is 48.0 Å². The molecule has 0 aromatic heterocycles. The maximum Gasteiger partial charge on any atom is 0.303 e. The summed E-state index contributed by atoms with van der Waals surface area (Å²) in [5.41, 5.74) is 6.29. The molecule has 0 unspecified atom stereocenters. The third-order valence-electron chi connectivity index (χ3n) is 9.15. The second kappa shape index (κ2) is 19.1. The number of carboxylic acid groups (broad SMARTS) is 1. The number of hydrogen-bond donors (Lipinski definition) is 2. The van der Waals surface area contributed by atoms with Gasteiger partial charge in [0.05, 0.1) is 0 Å². The maximum atomic E-state index is 14.0. The summed E-state index contributed by atoms with van der Waals surface area (Å²) in [4.78, 5) is 90.4. The number of amides is 1. The second-order valence-corrected chi connectivity index (χ2v) is 14.2. The number of rotatable bonds is 23. The Labute approximate surface area is 284 Å². The van der Waals surface area contributed by atoms with E-state index in [1.165, 1.54) is 0 Å². The smallest absolute Gasteiger partial charge is 0.303 e. The highest BCUT2D eigenvalue weighted by Crippen LogP contribution is 2.29. The van der Waals surface area contributed by atoms with Gasteiger partial charge in [-0.15, -0.1) is 0 Å². The van der Waals surface area contributed by atoms with Crippen LogP contribution in [-0.2, 0) is 40.0 Å². The van der Waals surface area contributed by atoms with Crippen LogP contribution >= 0.6 is 0 Å². The van der Waals surface area contributed by atoms with Crippen LogP contribution in [0.2, 0.25) is 0 Å². The van der Waals surface area contributed by atoms with Crippen molar-refractivity contribution in [1.29, 1.82) is 0 Å². The van der Waals surface area contributed by atoms with Crippen LogP contribution in [0.5, 0.6) is 0 Å². The van der Waals surface area contributed by atoms with Gasteiger partial charge in [-0.2, -0.15) is 0 Å². The SMILES string of the molecule is CC(C)C[C@@H](C)C(=O)C[C@H](CC(N)=O)C(=O)C[C@H](CCC(=O)O)C(=O)C[C@H](Cc1cccc2ccccc12)C(=O)C[C@H](C)C(=O)C(C)C. The molecular weight excluding hydrogens is 610 g/mol. The zero-order valence-corrected chi connectivity index (χ0v) is 29.3. The van der Waals surface area contributed by atoms with E-state index in [9.17, 15) is 38.7 Å². The molecule has 3 N–H and O–H groups in total. The minimum Gasteiger partial charge on any atom is -0.481 e. The van der Waals surface area contributed by atoms with E-state index >= 15 is 0 Å². The first-order valence-electron chi connectivity index (χ1n) is 17.1. The number of fused-ring (bicyclic) bond motifs is 1. The van der Waals surface area contributed by atoms with Crippen LogP contribution in [0.25, 0.3) is 10.8 Å². The van der Waals surface area contributed by atoms with Gasteiger partial charge >= 0.3 is 5.97 Å². The van der Waals surface area contributed by atoms with E-state index < -0.39 is 47.1 Å². The predicted octanol–water partition coefficient (Wildman–Crippen LogP) is 6.35. The fraction of sp³-hybridized carbons (Fsp3) is 0.564. The van der Waals surface area contributed by atoms with Gasteiger partial charge in [0.15, 0.2) is 0 Å². The summed E-state index contributed by atoms with van der Waals surface area (Å²) in [5.74, 6) is -7.08. The van der Waals surface area contributed by atoms with Gasteiger partial charge in [-0.05, 0) is 41.5 Å². The molecule has 0 spiro atoms. The lowest BCUT2D eigenvalue weighted by Gasteiger charge is -2.23. The highest BCUT2D eigenvalue weighted by Gasteiger charge is 2.33. The zero-order chi connectivity index (χ0) is 36.1. The number of primary amides is 1. The Morgan fingerprint density at radius 2 is 1.21 bits per heavy atom. The van der Waals surface area contributed by atoms with Crippen molar-refractivity contribution in [2.45, 2.75) is 99.3 Å². The van der Waals surface area contributed by atoms with Gasteiger partial charge in [0.25, 0.3) is 0 Å². The summed E-state index contributed by atoms with van der Waals surface area (Å²) in [7, 11) is 0. The molecule has 0 fully saturated rings. The van der Waals surface area contributed by atoms with Crippen LogP contribution in [0.1, 0.15) is 98.5 Å². The molecule has 2 aromatic rings. The van der Waals surface area contributed by atoms with Gasteiger partial charge in [-0.1, -0.05) is 84.0 Å². The number of nitrogens with two attached hydrogens (primary N) is 1. The molecule has 0 bridgehead atoms. The van der Waals surface area contributed by atoms with Gasteiger partial charge in [0.1, 0.15) is 28.9 Å². The standard InChI is InChI=1S/C39H53NO8/c1-23(2)16-25(5)33(41)20-31(22-37(40)45)36(44)19-29(14-15-38(46)47)35(43)21-30(34(42)17-26(6)39(48)24(3)4)18-28-12-9-11-27-10-7-8-13-32(27)28/h7-13,23-26,29-31H,14-22H2,1-6H3,(H2,40,45)(H,46,47)/t25-,26+,29+,30+,31-/m1/s1. The topological polar surface area (TPSA) is 166 Å². The molecule has 0 saturated heterocycles. The van der Waals surface area contributed by atoms with Crippen molar-refractivity contribution in [3.8, 4) is 0 Å². The van der Waals surface area contributed by atoms with Crippen molar-refractivity contribution in [3.63, 3.8) is 0 Å². The molecule has 0 aliphatic carbocycles. The summed E-state index contributed by atoms with van der Waals surface area (Å²) in [6.07, 6.45) is -0.892. The molecule has 0 heterocycles. The van der Waals surface area contributed by atoms with E-state index in [-0.39, 0.29) is 86.5 Å². The van der Waals surface area contributed by atoms with Crippen LogP contribution in [0.4, 0.5) is 0 Å². The fourth-order valence-electron chi connectivity index (χ4n) is 6.49. The molecule has 5 atom stereocenters. The Morgan fingerprint density at radius 3 is 1.81 bits per heavy atom. The van der Waals surface area contributed by atoms with Crippen LogP contribution in [-0.4, -0.2) is 45.9 Å². The van der Waals surface area contributed by atoms with E-state index in [0.29, 0.717) is 6.42 Å². The predicted molar refractivity (Wildman–Crippen MR) is 185 cm³/mol. The Bertz CT molecular complexity index is 1470. The van der Waals surface area contributed by atoms with E-state index in [1.54, 1.807) is 27.7 Å². The number of carboxylic acids is 1. The van der Waals surface area contributed by atoms with Gasteiger partial charge < -0.3 is 10.8 Å². The molecule has 9 nitrogen and oxygen atoms in total. The molecule has 2 rings (SSSR count). The highest BCUT2D eigenvalue weighted by atomic mass is 16.4. The quantitative estimate of drug-likeness (QED) is 0.139. The fourth-order valence-corrected chi connectivity index (χ4v) is 6.49. The first kappa shape index (κ1) is 40.2. The molecule has 9 heteroatoms. The second-order valence-electron chi connectivity index (χ2n) is 14.2. The maximum absolute atomic E-state index is 14.0. The van der Waals surface area contributed by atoms with Gasteiger partial charge in [-0.25, -0.2) is 0 Å². The number of Topliss-reactive ketones (excluding diaryl/α,β-unsaturated/α-hetero) is 5. The van der Waals surface area contributed by atoms with E-state index in [2.05, 4.69) is 0 Å². The number of aliphatic carboxylic acids is 1. The number of benzene rings is 2. The monoisotopic (exact) mass is 663 g/mol. The van der Waals surface area contributed by atoms with E-state index in [0.717, 1.165) is 16.3 Å². The van der Waals surface area contributed by atoms with Crippen molar-refractivity contribution in [2.24, 2.45) is 47.2 Å². The summed E-state index contributed by atoms with van der Waals surface area (Å²) < 4.78 is 0. The summed E-state index contributed by atoms with van der Waals surface area (Å²) >= 11 is 0. The van der Waals surface area contributed by atoms with Gasteiger partial charge in [0.2, 0.25) is 5.91 Å². The number of carbonyl (C=O) groups is 7. The van der Waals surface area contributed by atoms with E-state index in [1.807, 2.05) is 56.3 Å². The lowest BCUT2D eigenvalue weighted by atomic mass is 9.78. The molecule has 262 valence electrons. The molecule has 2 aromatic carbocycles. The minimum absolute atomic E-state index is 0.0458. The average Bonchev–Trinajstić information content (AvgIpc) is 3.00. The molecule has 0 saturated carbocycles. The van der Waals surface area contributed by atoms with Crippen molar-refractivity contribution in [2.75, 3.05) is 0 Å². The Kier molecular flexibility index (Phi) is 16.0. The number of carbonyl (C=O) groups excluding carboxylic acids is 6. The van der Waals surface area contributed by atoms with Crippen LogP contribution < -0.4 is 5.73 Å². The molecule has 0 radical (unpaired) electrons. The number of hydrogen-bond acceptors (Lipinski definition) is 7. The largest absolute Gasteiger partial charge is 0.481 e. The lowest BCUT2D eigenvalue weighted by Crippen LogP contribution is -2.32. The molecule has 48 heavy (non-hydrogen) atoms. The molecule has 1 amide bonds. The Hall–Kier alpha value is -4.01. The normalized spacial score (nSPS) is 14.7. The first-order valence-corrected chi connectivity index (χ1v) is 17.1. The third kappa shape index (κ3) is 12.9. The first-order chi connectivity index (χ1) is 22.5. The Morgan fingerprint density at radius 1 is 0.646 bits per heavy atom. The Balaban J connectivity index is 2.40. The van der Waals surface area contributed by atoms with Gasteiger partial charge in [0, 0.05) is 74.0 Å². The van der Waals surface area contributed by atoms with Crippen LogP contribution in [0.15, 0.2) is 42.5 Å². The van der Waals surface area contributed by atoms with Crippen LogP contribution in [0.3, 0.4) is 0 Å². The van der Waals surface area contributed by atoms with Gasteiger partial charge in [-0.3, -0.25) is 33.6 Å².